The minimum Gasteiger partial charge on any atom is -0.465 e. The van der Waals surface area contributed by atoms with Crippen LogP contribution in [0.15, 0.2) is 18.2 Å². The Balaban J connectivity index is 2.13. The van der Waals surface area contributed by atoms with Crippen molar-refractivity contribution < 1.29 is 23.1 Å². The van der Waals surface area contributed by atoms with E-state index in [2.05, 4.69) is 0 Å². The molecule has 1 aliphatic rings. The summed E-state index contributed by atoms with van der Waals surface area (Å²) >= 11 is 0. The van der Waals surface area contributed by atoms with Gasteiger partial charge in [0.15, 0.2) is 0 Å². The van der Waals surface area contributed by atoms with E-state index >= 15 is 0 Å². The highest BCUT2D eigenvalue weighted by Crippen LogP contribution is 2.34. The summed E-state index contributed by atoms with van der Waals surface area (Å²) in [4.78, 5) is 13.8. The molecular formula is C12H14F3N3O2. The Morgan fingerprint density at radius 2 is 1.80 bits per heavy atom. The van der Waals surface area contributed by atoms with Crippen LogP contribution in [0.4, 0.5) is 29.3 Å². The maximum atomic E-state index is 12.5. The number of halogens is 3. The molecule has 1 saturated heterocycles. The topological polar surface area (TPSA) is 69.8 Å². The Labute approximate surface area is 113 Å². The second kappa shape index (κ2) is 5.10. The zero-order valence-electron chi connectivity index (χ0n) is 10.5. The van der Waals surface area contributed by atoms with Gasteiger partial charge in [-0.15, -0.1) is 0 Å². The monoisotopic (exact) mass is 289 g/mol. The maximum absolute atomic E-state index is 12.5. The number of anilines is 2. The van der Waals surface area contributed by atoms with Gasteiger partial charge in [0.1, 0.15) is 0 Å². The first kappa shape index (κ1) is 14.3. The van der Waals surface area contributed by atoms with Crippen molar-refractivity contribution in [3.63, 3.8) is 0 Å². The number of alkyl halides is 3. The second-order valence-electron chi connectivity index (χ2n) is 4.53. The Kier molecular flexibility index (Phi) is 3.65. The molecule has 1 amide bonds. The molecule has 1 aromatic carbocycles. The average Bonchev–Trinajstić information content (AvgIpc) is 2.37. The van der Waals surface area contributed by atoms with Crippen LogP contribution in [-0.2, 0) is 6.18 Å². The Bertz CT molecular complexity index is 511. The van der Waals surface area contributed by atoms with E-state index < -0.39 is 17.8 Å². The molecule has 1 heterocycles. The smallest absolute Gasteiger partial charge is 0.416 e. The lowest BCUT2D eigenvalue weighted by molar-refractivity contribution is -0.137. The van der Waals surface area contributed by atoms with E-state index in [0.717, 1.165) is 12.1 Å². The van der Waals surface area contributed by atoms with Crippen molar-refractivity contribution in [2.75, 3.05) is 36.8 Å². The number of piperazine rings is 1. The van der Waals surface area contributed by atoms with E-state index in [1.54, 1.807) is 4.90 Å². The molecule has 0 bridgehead atoms. The molecule has 2 rings (SSSR count). The number of benzene rings is 1. The summed E-state index contributed by atoms with van der Waals surface area (Å²) < 4.78 is 37.6. The SMILES string of the molecule is Nc1cc(C(F)(F)F)ccc1N1CCN(C(=O)O)CC1. The maximum Gasteiger partial charge on any atom is 0.416 e. The molecule has 0 radical (unpaired) electrons. The Hall–Kier alpha value is -2.12. The van der Waals surface area contributed by atoms with Crippen molar-refractivity contribution in [3.05, 3.63) is 23.8 Å². The van der Waals surface area contributed by atoms with Crippen LogP contribution in [0.5, 0.6) is 0 Å². The number of nitrogens with two attached hydrogens (primary N) is 1. The third-order valence-corrected chi connectivity index (χ3v) is 3.25. The summed E-state index contributed by atoms with van der Waals surface area (Å²) in [5.74, 6) is 0. The fourth-order valence-corrected chi connectivity index (χ4v) is 2.16. The lowest BCUT2D eigenvalue weighted by atomic mass is 10.1. The van der Waals surface area contributed by atoms with Crippen LogP contribution in [0.1, 0.15) is 5.56 Å². The third kappa shape index (κ3) is 2.89. The molecule has 8 heteroatoms. The highest BCUT2D eigenvalue weighted by atomic mass is 19.4. The zero-order chi connectivity index (χ0) is 14.9. The molecular weight excluding hydrogens is 275 g/mol. The highest BCUT2D eigenvalue weighted by molar-refractivity contribution is 5.70. The molecule has 0 atom stereocenters. The number of rotatable bonds is 1. The second-order valence-corrected chi connectivity index (χ2v) is 4.53. The minimum atomic E-state index is -4.42. The van der Waals surface area contributed by atoms with Crippen LogP contribution in [-0.4, -0.2) is 42.3 Å². The standard InChI is InChI=1S/C12H14F3N3O2/c13-12(14,15)8-1-2-10(9(16)7-8)17-3-5-18(6-4-17)11(19)20/h1-2,7H,3-6,16H2,(H,19,20). The summed E-state index contributed by atoms with van der Waals surface area (Å²) in [6.07, 6.45) is -5.42. The lowest BCUT2D eigenvalue weighted by Crippen LogP contribution is -2.48. The van der Waals surface area contributed by atoms with Gasteiger partial charge in [0.2, 0.25) is 0 Å². The van der Waals surface area contributed by atoms with Gasteiger partial charge in [-0.05, 0) is 18.2 Å². The number of carbonyl (C=O) groups is 1. The first-order valence-corrected chi connectivity index (χ1v) is 5.98. The van der Waals surface area contributed by atoms with Crippen molar-refractivity contribution in [2.45, 2.75) is 6.18 Å². The first-order chi connectivity index (χ1) is 9.29. The third-order valence-electron chi connectivity index (χ3n) is 3.25. The van der Waals surface area contributed by atoms with E-state index in [9.17, 15) is 18.0 Å². The van der Waals surface area contributed by atoms with Crippen molar-refractivity contribution in [1.82, 2.24) is 4.90 Å². The van der Waals surface area contributed by atoms with E-state index in [-0.39, 0.29) is 5.69 Å². The summed E-state index contributed by atoms with van der Waals surface area (Å²) in [6, 6.07) is 3.21. The van der Waals surface area contributed by atoms with E-state index in [0.29, 0.717) is 31.9 Å². The van der Waals surface area contributed by atoms with Crippen LogP contribution in [0.2, 0.25) is 0 Å². The van der Waals surface area contributed by atoms with Gasteiger partial charge in [0, 0.05) is 26.2 Å². The molecule has 0 saturated carbocycles. The van der Waals surface area contributed by atoms with Gasteiger partial charge >= 0.3 is 12.3 Å². The molecule has 0 aliphatic carbocycles. The van der Waals surface area contributed by atoms with Crippen LogP contribution in [0.25, 0.3) is 0 Å². The predicted molar refractivity (Wildman–Crippen MR) is 67.7 cm³/mol. The summed E-state index contributed by atoms with van der Waals surface area (Å²) in [7, 11) is 0. The van der Waals surface area contributed by atoms with Crippen LogP contribution in [0, 0.1) is 0 Å². The quantitative estimate of drug-likeness (QED) is 0.777. The molecule has 0 unspecified atom stereocenters. The van der Waals surface area contributed by atoms with Crippen LogP contribution < -0.4 is 10.6 Å². The summed E-state index contributed by atoms with van der Waals surface area (Å²) in [5.41, 5.74) is 5.43. The van der Waals surface area contributed by atoms with Crippen molar-refractivity contribution in [1.29, 1.82) is 0 Å². The fourth-order valence-electron chi connectivity index (χ4n) is 2.16. The normalized spacial score (nSPS) is 16.4. The molecule has 1 fully saturated rings. The number of carboxylic acid groups (broad SMARTS) is 1. The van der Waals surface area contributed by atoms with Gasteiger partial charge in [0.25, 0.3) is 0 Å². The first-order valence-electron chi connectivity index (χ1n) is 5.98. The van der Waals surface area contributed by atoms with Crippen molar-refractivity contribution in [2.24, 2.45) is 0 Å². The van der Waals surface area contributed by atoms with E-state index in [4.69, 9.17) is 10.8 Å². The highest BCUT2D eigenvalue weighted by Gasteiger charge is 2.31. The molecule has 1 aromatic rings. The predicted octanol–water partition coefficient (Wildman–Crippen LogP) is 2.09. The fraction of sp³-hybridized carbons (Fsp3) is 0.417. The van der Waals surface area contributed by atoms with Crippen LogP contribution >= 0.6 is 0 Å². The molecule has 5 nitrogen and oxygen atoms in total. The molecule has 110 valence electrons. The number of nitrogens with zero attached hydrogens (tertiary/aromatic N) is 2. The zero-order valence-corrected chi connectivity index (χ0v) is 10.5. The molecule has 3 N–H and O–H groups in total. The molecule has 0 spiro atoms. The number of nitrogen functional groups attached to an aromatic ring is 1. The van der Waals surface area contributed by atoms with Gasteiger partial charge < -0.3 is 20.6 Å². The molecule has 20 heavy (non-hydrogen) atoms. The van der Waals surface area contributed by atoms with Crippen LogP contribution in [0.3, 0.4) is 0 Å². The van der Waals surface area contributed by atoms with Crippen molar-refractivity contribution in [3.8, 4) is 0 Å². The minimum absolute atomic E-state index is 0.0450. The number of hydrogen-bond donors (Lipinski definition) is 2. The number of amides is 1. The Morgan fingerprint density at radius 1 is 1.20 bits per heavy atom. The van der Waals surface area contributed by atoms with Gasteiger partial charge in [-0.3, -0.25) is 0 Å². The summed E-state index contributed by atoms with van der Waals surface area (Å²) in [6.45, 7) is 1.41. The lowest BCUT2D eigenvalue weighted by Gasteiger charge is -2.35. The van der Waals surface area contributed by atoms with Crippen molar-refractivity contribution >= 4 is 17.5 Å². The van der Waals surface area contributed by atoms with Gasteiger partial charge in [0.05, 0.1) is 16.9 Å². The molecule has 0 aromatic heterocycles. The molecule has 1 aliphatic heterocycles. The summed E-state index contributed by atoms with van der Waals surface area (Å²) in [5, 5.41) is 8.83. The van der Waals surface area contributed by atoms with Gasteiger partial charge in [-0.25, -0.2) is 4.79 Å². The van der Waals surface area contributed by atoms with Gasteiger partial charge in [-0.1, -0.05) is 0 Å². The largest absolute Gasteiger partial charge is 0.465 e. The van der Waals surface area contributed by atoms with Gasteiger partial charge in [-0.2, -0.15) is 13.2 Å². The number of hydrogen-bond acceptors (Lipinski definition) is 3. The Morgan fingerprint density at radius 3 is 2.25 bits per heavy atom. The van der Waals surface area contributed by atoms with E-state index in [1.807, 2.05) is 0 Å². The average molecular weight is 289 g/mol. The van der Waals surface area contributed by atoms with E-state index in [1.165, 1.54) is 11.0 Å².